The molecule has 0 bridgehead atoms. The largest absolute Gasteiger partial charge is 0.198 e. The van der Waals surface area contributed by atoms with Crippen LogP contribution < -0.4 is 0 Å². The van der Waals surface area contributed by atoms with Crippen molar-refractivity contribution in [3.8, 4) is 6.07 Å². The summed E-state index contributed by atoms with van der Waals surface area (Å²) < 4.78 is 0. The van der Waals surface area contributed by atoms with Crippen LogP contribution in [-0.2, 0) is 0 Å². The Morgan fingerprint density at radius 3 is 1.87 bits per heavy atom. The van der Waals surface area contributed by atoms with Crippen LogP contribution in [0.5, 0.6) is 0 Å². The first-order valence-corrected chi connectivity index (χ1v) is 10.2. The Morgan fingerprint density at radius 2 is 1.39 bits per heavy atom. The van der Waals surface area contributed by atoms with E-state index in [1.165, 1.54) is 44.9 Å². The average molecular weight is 322 g/mol. The van der Waals surface area contributed by atoms with Gasteiger partial charge in [-0.05, 0) is 48.9 Å². The molecule has 23 heavy (non-hydrogen) atoms. The average Bonchev–Trinajstić information content (AvgIpc) is 2.47. The summed E-state index contributed by atoms with van der Waals surface area (Å²) in [4.78, 5) is 0. The van der Waals surface area contributed by atoms with Gasteiger partial charge in [-0.25, -0.2) is 0 Å². The van der Waals surface area contributed by atoms with Crippen LogP contribution in [0.4, 0.5) is 0 Å². The van der Waals surface area contributed by atoms with Gasteiger partial charge in [0.1, 0.15) is 0 Å². The third kappa shape index (κ3) is 10.1. The summed E-state index contributed by atoms with van der Waals surface area (Å²) in [5.74, 6) is 3.78. The van der Waals surface area contributed by atoms with Crippen molar-refractivity contribution < 1.29 is 0 Å². The lowest BCUT2D eigenvalue weighted by Crippen LogP contribution is -2.21. The Labute approximate surface area is 147 Å². The topological polar surface area (TPSA) is 23.8 Å². The van der Waals surface area contributed by atoms with Crippen molar-refractivity contribution in [3.05, 3.63) is 0 Å². The van der Waals surface area contributed by atoms with Gasteiger partial charge in [0.25, 0.3) is 0 Å². The van der Waals surface area contributed by atoms with Crippen LogP contribution in [0.3, 0.4) is 0 Å². The number of hydrogen-bond donors (Lipinski definition) is 0. The third-order valence-corrected chi connectivity index (χ3v) is 5.63. The van der Waals surface area contributed by atoms with Crippen LogP contribution in [0.2, 0.25) is 0 Å². The molecule has 3 unspecified atom stereocenters. The fourth-order valence-electron chi connectivity index (χ4n) is 4.07. The number of hydrogen-bond acceptors (Lipinski definition) is 1. The Morgan fingerprint density at radius 1 is 0.783 bits per heavy atom. The van der Waals surface area contributed by atoms with E-state index in [0.29, 0.717) is 11.8 Å². The van der Waals surface area contributed by atoms with Crippen LogP contribution in [0, 0.1) is 46.8 Å². The van der Waals surface area contributed by atoms with E-state index in [2.05, 4.69) is 54.5 Å². The Bertz CT molecular complexity index is 312. The predicted octanol–water partition coefficient (Wildman–Crippen LogP) is 7.47. The van der Waals surface area contributed by atoms with E-state index in [0.717, 1.165) is 24.2 Å². The smallest absolute Gasteiger partial charge is 0.0658 e. The molecule has 0 radical (unpaired) electrons. The Kier molecular flexibility index (Phi) is 12.6. The van der Waals surface area contributed by atoms with Crippen molar-refractivity contribution in [1.29, 1.82) is 5.26 Å². The quantitative estimate of drug-likeness (QED) is 0.323. The number of unbranched alkanes of at least 4 members (excludes halogenated alkanes) is 4. The highest BCUT2D eigenvalue weighted by Gasteiger charge is 2.24. The van der Waals surface area contributed by atoms with E-state index < -0.39 is 0 Å². The van der Waals surface area contributed by atoms with Gasteiger partial charge < -0.3 is 0 Å². The van der Waals surface area contributed by atoms with E-state index >= 15 is 0 Å². The molecular weight excluding hydrogens is 278 g/mol. The molecule has 0 fully saturated rings. The summed E-state index contributed by atoms with van der Waals surface area (Å²) in [5.41, 5.74) is 0. The Hall–Kier alpha value is -0.510. The molecule has 0 aromatic carbocycles. The monoisotopic (exact) mass is 321 g/mol. The molecule has 0 spiro atoms. The lowest BCUT2D eigenvalue weighted by molar-refractivity contribution is 0.202. The van der Waals surface area contributed by atoms with Crippen molar-refractivity contribution in [2.45, 2.75) is 99.8 Å². The standard InChI is InChI=1S/C22H43N/c1-8-9-10-11-12-13-22(18(4)5)20(7)14-19(6)15-21(16-23)17(2)3/h17-22H,8-15H2,1-7H3/t19-,20?,21?,22?/m1/s1. The third-order valence-electron chi connectivity index (χ3n) is 5.63. The van der Waals surface area contributed by atoms with E-state index in [1.807, 2.05) is 0 Å². The molecule has 0 rings (SSSR count). The van der Waals surface area contributed by atoms with Crippen molar-refractivity contribution in [3.63, 3.8) is 0 Å². The van der Waals surface area contributed by atoms with Gasteiger partial charge in [-0.15, -0.1) is 0 Å². The van der Waals surface area contributed by atoms with Gasteiger partial charge in [0.15, 0.2) is 0 Å². The molecule has 0 aromatic rings. The second kappa shape index (κ2) is 12.9. The van der Waals surface area contributed by atoms with E-state index in [1.54, 1.807) is 0 Å². The van der Waals surface area contributed by atoms with Crippen LogP contribution in [0.15, 0.2) is 0 Å². The first-order chi connectivity index (χ1) is 10.8. The van der Waals surface area contributed by atoms with Gasteiger partial charge in [-0.3, -0.25) is 0 Å². The van der Waals surface area contributed by atoms with Crippen molar-refractivity contribution in [2.75, 3.05) is 0 Å². The molecule has 1 heteroatoms. The number of nitrogens with zero attached hydrogens (tertiary/aromatic N) is 1. The molecule has 136 valence electrons. The minimum absolute atomic E-state index is 0.226. The van der Waals surface area contributed by atoms with Crippen molar-refractivity contribution in [2.24, 2.45) is 35.5 Å². The summed E-state index contributed by atoms with van der Waals surface area (Å²) in [6, 6.07) is 2.51. The van der Waals surface area contributed by atoms with E-state index in [-0.39, 0.29) is 5.92 Å². The summed E-state index contributed by atoms with van der Waals surface area (Å²) in [5, 5.41) is 9.31. The van der Waals surface area contributed by atoms with Crippen LogP contribution in [0.1, 0.15) is 99.8 Å². The first-order valence-electron chi connectivity index (χ1n) is 10.2. The molecule has 0 heterocycles. The minimum atomic E-state index is 0.226. The van der Waals surface area contributed by atoms with Gasteiger partial charge in [0.2, 0.25) is 0 Å². The molecule has 1 nitrogen and oxygen atoms in total. The minimum Gasteiger partial charge on any atom is -0.198 e. The lowest BCUT2D eigenvalue weighted by atomic mass is 9.75. The highest BCUT2D eigenvalue weighted by atomic mass is 14.3. The van der Waals surface area contributed by atoms with Crippen LogP contribution >= 0.6 is 0 Å². The molecule has 0 aromatic heterocycles. The van der Waals surface area contributed by atoms with Gasteiger partial charge in [0, 0.05) is 5.92 Å². The van der Waals surface area contributed by atoms with Gasteiger partial charge in [-0.1, -0.05) is 80.6 Å². The maximum absolute atomic E-state index is 9.31. The second-order valence-corrected chi connectivity index (χ2v) is 8.64. The van der Waals surface area contributed by atoms with Crippen molar-refractivity contribution >= 4 is 0 Å². The summed E-state index contributed by atoms with van der Waals surface area (Å²) in [7, 11) is 0. The highest BCUT2D eigenvalue weighted by Crippen LogP contribution is 2.33. The Balaban J connectivity index is 4.33. The molecule has 4 atom stereocenters. The fourth-order valence-corrected chi connectivity index (χ4v) is 4.07. The van der Waals surface area contributed by atoms with Crippen LogP contribution in [0.25, 0.3) is 0 Å². The molecule has 0 aliphatic carbocycles. The van der Waals surface area contributed by atoms with Gasteiger partial charge in [-0.2, -0.15) is 5.26 Å². The normalized spacial score (nSPS) is 17.0. The van der Waals surface area contributed by atoms with Gasteiger partial charge in [0.05, 0.1) is 6.07 Å². The SMILES string of the molecule is CCCCCCCC(C(C)C)C(C)C[C@@H](C)CC(C#N)C(C)C. The maximum atomic E-state index is 9.31. The fraction of sp³-hybridized carbons (Fsp3) is 0.955. The summed E-state index contributed by atoms with van der Waals surface area (Å²) >= 11 is 0. The zero-order valence-electron chi connectivity index (χ0n) is 17.1. The van der Waals surface area contributed by atoms with E-state index in [4.69, 9.17) is 0 Å². The molecule has 0 aliphatic rings. The molecular formula is C22H43N. The molecule has 0 saturated carbocycles. The molecule has 0 aliphatic heterocycles. The summed E-state index contributed by atoms with van der Waals surface area (Å²) in [6.07, 6.45) is 10.7. The molecule has 0 N–H and O–H groups in total. The highest BCUT2D eigenvalue weighted by molar-refractivity contribution is 4.86. The zero-order chi connectivity index (χ0) is 17.8. The maximum Gasteiger partial charge on any atom is 0.0658 e. The van der Waals surface area contributed by atoms with Crippen molar-refractivity contribution in [1.82, 2.24) is 0 Å². The lowest BCUT2D eigenvalue weighted by Gasteiger charge is -2.30. The zero-order valence-corrected chi connectivity index (χ0v) is 17.1. The molecule has 0 amide bonds. The van der Waals surface area contributed by atoms with Gasteiger partial charge >= 0.3 is 0 Å². The molecule has 0 saturated heterocycles. The predicted molar refractivity (Wildman–Crippen MR) is 103 cm³/mol. The summed E-state index contributed by atoms with van der Waals surface area (Å²) in [6.45, 7) is 16.2. The first kappa shape index (κ1) is 22.5. The van der Waals surface area contributed by atoms with E-state index in [9.17, 15) is 5.26 Å². The van der Waals surface area contributed by atoms with Crippen LogP contribution in [-0.4, -0.2) is 0 Å². The number of nitriles is 1. The second-order valence-electron chi connectivity index (χ2n) is 8.64. The number of rotatable bonds is 13.